The standard InChI is InChI=1S/C22H30FN3O2/c23-18-5-6-20-19(14-18)22(25-28-20)17-8-11-26(12-9-17)10-7-15-1-3-16(4-2-15)13-21(24)27/h5-6,14-17H,1-4,7-13H2,(H2,24,27). The van der Waals surface area contributed by atoms with Gasteiger partial charge in [0.25, 0.3) is 0 Å². The maximum Gasteiger partial charge on any atom is 0.217 e. The van der Waals surface area contributed by atoms with Crippen molar-refractivity contribution in [1.29, 1.82) is 0 Å². The van der Waals surface area contributed by atoms with Crippen LogP contribution in [0.5, 0.6) is 0 Å². The summed E-state index contributed by atoms with van der Waals surface area (Å²) in [5.41, 5.74) is 6.91. The van der Waals surface area contributed by atoms with Gasteiger partial charge in [0.1, 0.15) is 5.82 Å². The summed E-state index contributed by atoms with van der Waals surface area (Å²) in [5, 5.41) is 5.06. The van der Waals surface area contributed by atoms with Gasteiger partial charge in [-0.3, -0.25) is 4.79 Å². The van der Waals surface area contributed by atoms with Gasteiger partial charge in [-0.25, -0.2) is 4.39 Å². The Hall–Kier alpha value is -1.95. The highest BCUT2D eigenvalue weighted by Crippen LogP contribution is 2.35. The van der Waals surface area contributed by atoms with Crippen LogP contribution in [-0.4, -0.2) is 35.6 Å². The largest absolute Gasteiger partial charge is 0.370 e. The van der Waals surface area contributed by atoms with Crippen molar-refractivity contribution >= 4 is 16.9 Å². The van der Waals surface area contributed by atoms with E-state index in [-0.39, 0.29) is 11.7 Å². The number of likely N-dealkylation sites (tertiary alicyclic amines) is 1. The number of carbonyl (C=O) groups excluding carboxylic acids is 1. The van der Waals surface area contributed by atoms with E-state index >= 15 is 0 Å². The molecule has 1 aromatic carbocycles. The normalized spacial score (nSPS) is 24.6. The van der Waals surface area contributed by atoms with Gasteiger partial charge in [0.05, 0.1) is 5.69 Å². The lowest BCUT2D eigenvalue weighted by atomic mass is 9.79. The lowest BCUT2D eigenvalue weighted by molar-refractivity contribution is -0.119. The Bertz CT molecular complexity index is 805. The van der Waals surface area contributed by atoms with Crippen molar-refractivity contribution in [3.63, 3.8) is 0 Å². The van der Waals surface area contributed by atoms with Crippen LogP contribution >= 0.6 is 0 Å². The SMILES string of the molecule is NC(=O)CC1CCC(CCN2CCC(c3noc4ccc(F)cc34)CC2)CC1. The Morgan fingerprint density at radius 3 is 2.57 bits per heavy atom. The molecular weight excluding hydrogens is 357 g/mol. The monoisotopic (exact) mass is 387 g/mol. The van der Waals surface area contributed by atoms with E-state index in [2.05, 4.69) is 10.1 Å². The Labute approximate surface area is 165 Å². The number of piperidine rings is 1. The summed E-state index contributed by atoms with van der Waals surface area (Å²) in [6.07, 6.45) is 8.63. The third-order valence-corrected chi connectivity index (χ3v) is 6.74. The predicted molar refractivity (Wildman–Crippen MR) is 106 cm³/mol. The summed E-state index contributed by atoms with van der Waals surface area (Å²) in [4.78, 5) is 13.6. The predicted octanol–water partition coefficient (Wildman–Crippen LogP) is 4.22. The van der Waals surface area contributed by atoms with Crippen molar-refractivity contribution in [1.82, 2.24) is 10.1 Å². The molecule has 4 rings (SSSR count). The molecule has 0 unspecified atom stereocenters. The third kappa shape index (κ3) is 4.54. The van der Waals surface area contributed by atoms with E-state index in [9.17, 15) is 9.18 Å². The van der Waals surface area contributed by atoms with Crippen LogP contribution in [0.3, 0.4) is 0 Å². The first-order valence-electron chi connectivity index (χ1n) is 10.6. The first kappa shape index (κ1) is 19.4. The fourth-order valence-electron chi connectivity index (χ4n) is 5.03. The van der Waals surface area contributed by atoms with Crippen LogP contribution in [-0.2, 0) is 4.79 Å². The fourth-order valence-corrected chi connectivity index (χ4v) is 5.03. The van der Waals surface area contributed by atoms with E-state index in [1.807, 2.05) is 0 Å². The number of nitrogens with zero attached hydrogens (tertiary/aromatic N) is 2. The number of carbonyl (C=O) groups is 1. The molecule has 0 bridgehead atoms. The molecule has 1 amide bonds. The zero-order chi connectivity index (χ0) is 19.5. The quantitative estimate of drug-likeness (QED) is 0.805. The number of fused-ring (bicyclic) bond motifs is 1. The van der Waals surface area contributed by atoms with Gasteiger partial charge in [-0.2, -0.15) is 0 Å². The van der Waals surface area contributed by atoms with Gasteiger partial charge in [-0.1, -0.05) is 18.0 Å². The van der Waals surface area contributed by atoms with Crippen LogP contribution in [0.2, 0.25) is 0 Å². The zero-order valence-corrected chi connectivity index (χ0v) is 16.4. The highest BCUT2D eigenvalue weighted by Gasteiger charge is 2.27. The van der Waals surface area contributed by atoms with E-state index in [1.165, 1.54) is 25.3 Å². The van der Waals surface area contributed by atoms with Crippen LogP contribution in [0.15, 0.2) is 22.7 Å². The Balaban J connectivity index is 1.23. The van der Waals surface area contributed by atoms with Gasteiger partial charge in [0.15, 0.2) is 5.58 Å². The van der Waals surface area contributed by atoms with E-state index in [1.54, 1.807) is 12.1 Å². The molecule has 152 valence electrons. The van der Waals surface area contributed by atoms with Crippen LogP contribution in [0, 0.1) is 17.7 Å². The van der Waals surface area contributed by atoms with Gasteiger partial charge >= 0.3 is 0 Å². The minimum absolute atomic E-state index is 0.158. The van der Waals surface area contributed by atoms with Gasteiger partial charge < -0.3 is 15.2 Å². The lowest BCUT2D eigenvalue weighted by Crippen LogP contribution is -2.35. The molecule has 2 heterocycles. The molecule has 1 aliphatic heterocycles. The molecule has 1 aromatic heterocycles. The first-order valence-corrected chi connectivity index (χ1v) is 10.6. The highest BCUT2D eigenvalue weighted by atomic mass is 19.1. The molecule has 28 heavy (non-hydrogen) atoms. The molecular formula is C22H30FN3O2. The topological polar surface area (TPSA) is 72.4 Å². The molecule has 1 saturated carbocycles. The number of benzene rings is 1. The lowest BCUT2D eigenvalue weighted by Gasteiger charge is -2.33. The Morgan fingerprint density at radius 2 is 1.86 bits per heavy atom. The Morgan fingerprint density at radius 1 is 1.14 bits per heavy atom. The van der Waals surface area contributed by atoms with Crippen molar-refractivity contribution in [2.24, 2.45) is 17.6 Å². The zero-order valence-electron chi connectivity index (χ0n) is 16.4. The second kappa shape index (κ2) is 8.60. The number of aromatic nitrogens is 1. The van der Waals surface area contributed by atoms with Crippen molar-refractivity contribution in [3.05, 3.63) is 29.7 Å². The van der Waals surface area contributed by atoms with Crippen LogP contribution < -0.4 is 5.73 Å². The van der Waals surface area contributed by atoms with Crippen LogP contribution in [0.1, 0.15) is 63.0 Å². The summed E-state index contributed by atoms with van der Waals surface area (Å²) in [6, 6.07) is 4.62. The van der Waals surface area contributed by atoms with Crippen LogP contribution in [0.25, 0.3) is 11.0 Å². The van der Waals surface area contributed by atoms with Crippen molar-refractivity contribution in [2.75, 3.05) is 19.6 Å². The maximum absolute atomic E-state index is 13.6. The highest BCUT2D eigenvalue weighted by molar-refractivity contribution is 5.80. The molecule has 6 heteroatoms. The number of primary amides is 1. The van der Waals surface area contributed by atoms with Crippen LogP contribution in [0.4, 0.5) is 4.39 Å². The summed E-state index contributed by atoms with van der Waals surface area (Å²) in [5.74, 6) is 1.24. The average Bonchev–Trinajstić information content (AvgIpc) is 3.10. The van der Waals surface area contributed by atoms with Gasteiger partial charge in [0.2, 0.25) is 5.91 Å². The van der Waals surface area contributed by atoms with Gasteiger partial charge in [-0.05, 0) is 81.8 Å². The number of hydrogen-bond donors (Lipinski definition) is 1. The molecule has 2 fully saturated rings. The van der Waals surface area contributed by atoms with E-state index in [0.29, 0.717) is 23.8 Å². The smallest absolute Gasteiger partial charge is 0.217 e. The van der Waals surface area contributed by atoms with Gasteiger partial charge in [0, 0.05) is 17.7 Å². The summed E-state index contributed by atoms with van der Waals surface area (Å²) in [7, 11) is 0. The first-order chi connectivity index (χ1) is 13.6. The molecule has 1 saturated heterocycles. The number of amides is 1. The fraction of sp³-hybridized carbons (Fsp3) is 0.636. The Kier molecular flexibility index (Phi) is 5.95. The molecule has 2 aliphatic rings. The molecule has 0 atom stereocenters. The molecule has 0 spiro atoms. The second-order valence-electron chi connectivity index (χ2n) is 8.67. The second-order valence-corrected chi connectivity index (χ2v) is 8.67. The summed E-state index contributed by atoms with van der Waals surface area (Å²) in [6.45, 7) is 3.27. The average molecular weight is 387 g/mol. The van der Waals surface area contributed by atoms with E-state index < -0.39 is 0 Å². The van der Waals surface area contributed by atoms with Crippen molar-refractivity contribution in [2.45, 2.75) is 57.3 Å². The minimum atomic E-state index is -0.236. The molecule has 0 radical (unpaired) electrons. The molecule has 1 aliphatic carbocycles. The number of hydrogen-bond acceptors (Lipinski definition) is 4. The molecule has 2 aromatic rings. The third-order valence-electron chi connectivity index (χ3n) is 6.74. The van der Waals surface area contributed by atoms with Crippen molar-refractivity contribution in [3.8, 4) is 0 Å². The van der Waals surface area contributed by atoms with E-state index in [0.717, 1.165) is 62.3 Å². The molecule has 5 nitrogen and oxygen atoms in total. The maximum atomic E-state index is 13.6. The van der Waals surface area contributed by atoms with E-state index in [4.69, 9.17) is 10.3 Å². The minimum Gasteiger partial charge on any atom is -0.370 e. The summed E-state index contributed by atoms with van der Waals surface area (Å²) < 4.78 is 19.0. The molecule has 2 N–H and O–H groups in total. The summed E-state index contributed by atoms with van der Waals surface area (Å²) >= 11 is 0. The number of nitrogens with two attached hydrogens (primary N) is 1. The van der Waals surface area contributed by atoms with Crippen molar-refractivity contribution < 1.29 is 13.7 Å². The number of rotatable bonds is 6. The van der Waals surface area contributed by atoms with Gasteiger partial charge in [-0.15, -0.1) is 0 Å². The number of halogens is 1.